The van der Waals surface area contributed by atoms with Gasteiger partial charge in [-0.25, -0.2) is 4.98 Å². The van der Waals surface area contributed by atoms with Gasteiger partial charge in [-0.05, 0) is 0 Å². The van der Waals surface area contributed by atoms with Gasteiger partial charge in [0.1, 0.15) is 5.82 Å². The van der Waals surface area contributed by atoms with E-state index in [9.17, 15) is 20.2 Å². The molecule has 17 heavy (non-hydrogen) atoms. The van der Waals surface area contributed by atoms with Crippen LogP contribution in [0, 0.1) is 20.2 Å². The lowest BCUT2D eigenvalue weighted by Crippen LogP contribution is -1.96. The summed E-state index contributed by atoms with van der Waals surface area (Å²) in [5, 5.41) is 21.4. The fourth-order valence-electron chi connectivity index (χ4n) is 1.44. The molecule has 0 saturated carbocycles. The number of hydrogen-bond acceptors (Lipinski definition) is 5. The molecule has 0 aliphatic rings. The number of nitro groups is 2. The second-order valence-electron chi connectivity index (χ2n) is 3.19. The number of imidazole rings is 1. The second kappa shape index (κ2) is 3.98. The first-order valence-corrected chi connectivity index (χ1v) is 4.93. The number of aromatic amines is 1. The number of fused-ring (bicyclic) bond motifs is 1. The van der Waals surface area contributed by atoms with Crippen molar-refractivity contribution in [1.29, 1.82) is 0 Å². The molecule has 0 aliphatic heterocycles. The second-order valence-corrected chi connectivity index (χ2v) is 3.46. The highest BCUT2D eigenvalue weighted by molar-refractivity contribution is 6.16. The number of H-pyrrole nitrogens is 1. The van der Waals surface area contributed by atoms with Crippen LogP contribution in [0.2, 0.25) is 0 Å². The molecule has 8 nitrogen and oxygen atoms in total. The zero-order chi connectivity index (χ0) is 12.6. The number of benzene rings is 1. The summed E-state index contributed by atoms with van der Waals surface area (Å²) in [6.07, 6.45) is 0. The molecule has 1 heterocycles. The van der Waals surface area contributed by atoms with Crippen molar-refractivity contribution < 1.29 is 9.85 Å². The molecule has 0 unspecified atom stereocenters. The van der Waals surface area contributed by atoms with Crippen molar-refractivity contribution in [2.45, 2.75) is 5.88 Å². The van der Waals surface area contributed by atoms with E-state index >= 15 is 0 Å². The van der Waals surface area contributed by atoms with Gasteiger partial charge in [-0.3, -0.25) is 20.2 Å². The standard InChI is InChI=1S/C8H5ClN4O4/c9-3-8-10-4-1-6(12(14)15)7(13(16)17)2-5(4)11-8/h1-2H,3H2,(H,10,11). The Labute approximate surface area is 98.5 Å². The van der Waals surface area contributed by atoms with Gasteiger partial charge in [0.05, 0.1) is 32.8 Å². The number of hydrogen-bond donors (Lipinski definition) is 1. The van der Waals surface area contributed by atoms with Crippen LogP contribution in [-0.4, -0.2) is 19.8 Å². The van der Waals surface area contributed by atoms with Crippen LogP contribution in [-0.2, 0) is 5.88 Å². The normalized spacial score (nSPS) is 10.6. The molecule has 0 amide bonds. The molecule has 1 N–H and O–H groups in total. The lowest BCUT2D eigenvalue weighted by atomic mass is 10.2. The lowest BCUT2D eigenvalue weighted by molar-refractivity contribution is -0.422. The lowest BCUT2D eigenvalue weighted by Gasteiger charge is -1.94. The molecule has 0 aliphatic carbocycles. The summed E-state index contributed by atoms with van der Waals surface area (Å²) in [7, 11) is 0. The van der Waals surface area contributed by atoms with Gasteiger partial charge in [-0.15, -0.1) is 11.6 Å². The van der Waals surface area contributed by atoms with Crippen LogP contribution in [0.1, 0.15) is 5.82 Å². The van der Waals surface area contributed by atoms with Crippen molar-refractivity contribution in [3.8, 4) is 0 Å². The minimum atomic E-state index is -0.813. The zero-order valence-corrected chi connectivity index (χ0v) is 8.97. The van der Waals surface area contributed by atoms with E-state index in [0.29, 0.717) is 11.3 Å². The summed E-state index contributed by atoms with van der Waals surface area (Å²) >= 11 is 5.54. The fraction of sp³-hybridized carbons (Fsp3) is 0.125. The Morgan fingerprint density at radius 1 is 1.24 bits per heavy atom. The van der Waals surface area contributed by atoms with Crippen molar-refractivity contribution in [1.82, 2.24) is 9.97 Å². The highest BCUT2D eigenvalue weighted by Gasteiger charge is 2.25. The number of halogens is 1. The van der Waals surface area contributed by atoms with Crippen LogP contribution in [0.25, 0.3) is 11.0 Å². The molecule has 2 aromatic rings. The zero-order valence-electron chi connectivity index (χ0n) is 8.21. The van der Waals surface area contributed by atoms with E-state index in [1.165, 1.54) is 0 Å². The van der Waals surface area contributed by atoms with Gasteiger partial charge in [0.25, 0.3) is 0 Å². The molecule has 1 aromatic heterocycles. The summed E-state index contributed by atoms with van der Waals surface area (Å²) in [6.45, 7) is 0. The molecular weight excluding hydrogens is 252 g/mol. The van der Waals surface area contributed by atoms with E-state index in [0.717, 1.165) is 12.1 Å². The number of nitrogens with one attached hydrogen (secondary N) is 1. The predicted molar refractivity (Wildman–Crippen MR) is 59.0 cm³/mol. The number of rotatable bonds is 3. The average Bonchev–Trinajstić information content (AvgIpc) is 2.68. The molecule has 88 valence electrons. The van der Waals surface area contributed by atoms with Gasteiger partial charge in [0.15, 0.2) is 0 Å². The minimum absolute atomic E-state index is 0.0935. The van der Waals surface area contributed by atoms with Crippen LogP contribution in [0.15, 0.2) is 12.1 Å². The number of alkyl halides is 1. The smallest absolute Gasteiger partial charge is 0.341 e. The maximum atomic E-state index is 10.7. The molecule has 0 atom stereocenters. The van der Waals surface area contributed by atoms with Crippen LogP contribution in [0.3, 0.4) is 0 Å². The van der Waals surface area contributed by atoms with E-state index in [1.54, 1.807) is 0 Å². The SMILES string of the molecule is O=[N+]([O-])c1cc2nc(CCl)[nH]c2cc1[N+](=O)[O-]. The summed E-state index contributed by atoms with van der Waals surface area (Å²) in [5.41, 5.74) is -0.543. The van der Waals surface area contributed by atoms with E-state index in [1.807, 2.05) is 0 Å². The van der Waals surface area contributed by atoms with E-state index in [2.05, 4.69) is 9.97 Å². The van der Waals surface area contributed by atoms with Crippen molar-refractivity contribution in [3.05, 3.63) is 38.2 Å². The Hall–Kier alpha value is -2.22. The molecule has 1 aromatic carbocycles. The summed E-state index contributed by atoms with van der Waals surface area (Å²) < 4.78 is 0. The number of aromatic nitrogens is 2. The molecule has 0 radical (unpaired) electrons. The van der Waals surface area contributed by atoms with Gasteiger partial charge in [-0.1, -0.05) is 0 Å². The van der Waals surface area contributed by atoms with Crippen LogP contribution < -0.4 is 0 Å². The van der Waals surface area contributed by atoms with Gasteiger partial charge < -0.3 is 4.98 Å². The van der Waals surface area contributed by atoms with Gasteiger partial charge in [-0.2, -0.15) is 0 Å². The predicted octanol–water partition coefficient (Wildman–Crippen LogP) is 2.12. The molecule has 9 heteroatoms. The van der Waals surface area contributed by atoms with Crippen LogP contribution in [0.4, 0.5) is 11.4 Å². The Kier molecular flexibility index (Phi) is 2.64. The maximum absolute atomic E-state index is 10.7. The largest absolute Gasteiger partial charge is 0.348 e. The highest BCUT2D eigenvalue weighted by Crippen LogP contribution is 2.30. The molecule has 0 fully saturated rings. The van der Waals surface area contributed by atoms with Crippen molar-refractivity contribution in [3.63, 3.8) is 0 Å². The van der Waals surface area contributed by atoms with E-state index in [-0.39, 0.29) is 11.4 Å². The Balaban J connectivity index is 2.74. The molecule has 0 saturated heterocycles. The molecule has 0 spiro atoms. The van der Waals surface area contributed by atoms with Crippen LogP contribution >= 0.6 is 11.6 Å². The third-order valence-corrected chi connectivity index (χ3v) is 2.40. The average molecular weight is 257 g/mol. The third-order valence-electron chi connectivity index (χ3n) is 2.15. The van der Waals surface area contributed by atoms with Gasteiger partial charge >= 0.3 is 11.4 Å². The summed E-state index contributed by atoms with van der Waals surface area (Å²) in [4.78, 5) is 26.4. The monoisotopic (exact) mass is 256 g/mol. The van der Waals surface area contributed by atoms with Crippen molar-refractivity contribution in [2.75, 3.05) is 0 Å². The quantitative estimate of drug-likeness (QED) is 0.513. The minimum Gasteiger partial charge on any atom is -0.341 e. The Morgan fingerprint density at radius 2 is 1.82 bits per heavy atom. The first kappa shape index (κ1) is 11.3. The highest BCUT2D eigenvalue weighted by atomic mass is 35.5. The van der Waals surface area contributed by atoms with Crippen molar-refractivity contribution >= 4 is 34.0 Å². The molecule has 0 bridgehead atoms. The number of nitrogens with zero attached hydrogens (tertiary/aromatic N) is 3. The van der Waals surface area contributed by atoms with Gasteiger partial charge in [0.2, 0.25) is 0 Å². The molecule has 2 rings (SSSR count). The first-order valence-electron chi connectivity index (χ1n) is 4.40. The third kappa shape index (κ3) is 1.89. The summed E-state index contributed by atoms with van der Waals surface area (Å²) in [6, 6.07) is 2.14. The Morgan fingerprint density at radius 3 is 2.35 bits per heavy atom. The topological polar surface area (TPSA) is 115 Å². The number of nitro benzene ring substituents is 2. The van der Waals surface area contributed by atoms with E-state index in [4.69, 9.17) is 11.6 Å². The summed E-state index contributed by atoms with van der Waals surface area (Å²) in [5.74, 6) is 0.493. The van der Waals surface area contributed by atoms with E-state index < -0.39 is 21.2 Å². The van der Waals surface area contributed by atoms with Crippen LogP contribution in [0.5, 0.6) is 0 Å². The maximum Gasteiger partial charge on any atom is 0.348 e. The molecular formula is C8H5ClN4O4. The Bertz CT molecular complexity index is 572. The van der Waals surface area contributed by atoms with Crippen molar-refractivity contribution in [2.24, 2.45) is 0 Å². The fourth-order valence-corrected chi connectivity index (χ4v) is 1.57. The van der Waals surface area contributed by atoms with Gasteiger partial charge in [0, 0.05) is 6.07 Å². The first-order chi connectivity index (χ1) is 8.02.